The molecule has 0 aliphatic heterocycles. The normalized spacial score (nSPS) is 11.6. The SMILES string of the molecule is CCCCOC(C)OOC(C)=O.[Na+]. The first kappa shape index (κ1) is 15.8. The average Bonchev–Trinajstić information content (AvgIpc) is 2.01. The van der Waals surface area contributed by atoms with Crippen molar-refractivity contribution in [2.75, 3.05) is 6.61 Å². The van der Waals surface area contributed by atoms with Gasteiger partial charge in [0, 0.05) is 13.5 Å². The maximum absolute atomic E-state index is 10.3. The Hall–Kier alpha value is 0.390. The Labute approximate surface area is 101 Å². The van der Waals surface area contributed by atoms with Gasteiger partial charge in [0.15, 0.2) is 6.29 Å². The van der Waals surface area contributed by atoms with Crippen LogP contribution in [0, 0.1) is 0 Å². The van der Waals surface area contributed by atoms with Crippen molar-refractivity contribution < 1.29 is 48.9 Å². The number of unbranched alkanes of at least 4 members (excludes halogenated alkanes) is 1. The third-order valence-electron chi connectivity index (χ3n) is 1.15. The average molecular weight is 199 g/mol. The van der Waals surface area contributed by atoms with Crippen LogP contribution in [0.2, 0.25) is 0 Å². The first-order chi connectivity index (χ1) is 5.66. The van der Waals surface area contributed by atoms with E-state index in [1.807, 2.05) is 0 Å². The van der Waals surface area contributed by atoms with Gasteiger partial charge in [-0.1, -0.05) is 13.3 Å². The molecule has 13 heavy (non-hydrogen) atoms. The van der Waals surface area contributed by atoms with Crippen LogP contribution in [0.25, 0.3) is 0 Å². The fraction of sp³-hybridized carbons (Fsp3) is 0.875. The molecule has 1 unspecified atom stereocenters. The van der Waals surface area contributed by atoms with Gasteiger partial charge in [-0.25, -0.2) is 4.79 Å². The Balaban J connectivity index is 0. The number of carbonyl (C=O) groups is 1. The van der Waals surface area contributed by atoms with E-state index in [0.717, 1.165) is 12.8 Å². The number of hydrogen-bond acceptors (Lipinski definition) is 4. The van der Waals surface area contributed by atoms with Crippen molar-refractivity contribution >= 4 is 5.97 Å². The van der Waals surface area contributed by atoms with E-state index in [1.165, 1.54) is 6.92 Å². The smallest absolute Gasteiger partial charge is 0.349 e. The molecule has 0 aromatic heterocycles. The molecule has 0 aromatic rings. The molecular formula is C8H16NaO4+. The molecule has 0 aromatic carbocycles. The quantitative estimate of drug-likeness (QED) is 0.174. The van der Waals surface area contributed by atoms with E-state index in [4.69, 9.17) is 4.74 Å². The summed E-state index contributed by atoms with van der Waals surface area (Å²) in [6.07, 6.45) is 1.56. The molecule has 0 heterocycles. The molecule has 0 amide bonds. The van der Waals surface area contributed by atoms with Gasteiger partial charge in [-0.2, -0.15) is 4.89 Å². The zero-order valence-corrected chi connectivity index (χ0v) is 10.8. The van der Waals surface area contributed by atoms with E-state index in [1.54, 1.807) is 6.92 Å². The van der Waals surface area contributed by atoms with Crippen molar-refractivity contribution in [2.24, 2.45) is 0 Å². The summed E-state index contributed by atoms with van der Waals surface area (Å²) in [6, 6.07) is 0. The molecule has 0 saturated carbocycles. The number of carbonyl (C=O) groups excluding carboxylic acids is 1. The summed E-state index contributed by atoms with van der Waals surface area (Å²) >= 11 is 0. The summed E-state index contributed by atoms with van der Waals surface area (Å²) in [6.45, 7) is 5.65. The summed E-state index contributed by atoms with van der Waals surface area (Å²) in [5.41, 5.74) is 0. The van der Waals surface area contributed by atoms with E-state index in [2.05, 4.69) is 16.7 Å². The van der Waals surface area contributed by atoms with Crippen molar-refractivity contribution in [3.8, 4) is 0 Å². The molecule has 0 aliphatic rings. The molecule has 1 atom stereocenters. The molecule has 0 bridgehead atoms. The van der Waals surface area contributed by atoms with Gasteiger partial charge in [-0.15, -0.1) is 0 Å². The van der Waals surface area contributed by atoms with Crippen LogP contribution in [-0.2, 0) is 19.3 Å². The Kier molecular flexibility index (Phi) is 12.8. The van der Waals surface area contributed by atoms with Crippen LogP contribution in [0.4, 0.5) is 0 Å². The van der Waals surface area contributed by atoms with Gasteiger partial charge < -0.3 is 4.74 Å². The maximum atomic E-state index is 10.3. The minimum Gasteiger partial charge on any atom is -0.349 e. The molecule has 0 N–H and O–H groups in total. The van der Waals surface area contributed by atoms with Crippen molar-refractivity contribution in [3.63, 3.8) is 0 Å². The van der Waals surface area contributed by atoms with Crippen LogP contribution >= 0.6 is 0 Å². The van der Waals surface area contributed by atoms with Gasteiger partial charge in [0.05, 0.1) is 0 Å². The van der Waals surface area contributed by atoms with E-state index >= 15 is 0 Å². The van der Waals surface area contributed by atoms with Gasteiger partial charge in [0.25, 0.3) is 0 Å². The number of hydrogen-bond donors (Lipinski definition) is 0. The standard InChI is InChI=1S/C8H16O4.Na/c1-4-5-6-10-8(3)12-11-7(2)9;/h8H,4-6H2,1-3H3;/q;+1. The fourth-order valence-corrected chi connectivity index (χ4v) is 0.557. The minimum absolute atomic E-state index is 0. The second-order valence-electron chi connectivity index (χ2n) is 2.46. The monoisotopic (exact) mass is 199 g/mol. The van der Waals surface area contributed by atoms with Crippen molar-refractivity contribution in [2.45, 2.75) is 39.9 Å². The van der Waals surface area contributed by atoms with Crippen LogP contribution in [-0.4, -0.2) is 18.9 Å². The summed E-state index contributed by atoms with van der Waals surface area (Å²) in [7, 11) is 0. The van der Waals surface area contributed by atoms with Crippen molar-refractivity contribution in [1.82, 2.24) is 0 Å². The van der Waals surface area contributed by atoms with E-state index < -0.39 is 12.3 Å². The fourth-order valence-electron chi connectivity index (χ4n) is 0.557. The number of rotatable bonds is 6. The van der Waals surface area contributed by atoms with Gasteiger partial charge in [-0.05, 0) is 13.3 Å². The number of ether oxygens (including phenoxy) is 1. The predicted molar refractivity (Wildman–Crippen MR) is 43.2 cm³/mol. The maximum Gasteiger partial charge on any atom is 1.00 e. The molecule has 0 radical (unpaired) electrons. The molecule has 0 aliphatic carbocycles. The Morgan fingerprint density at radius 2 is 2.08 bits per heavy atom. The van der Waals surface area contributed by atoms with Gasteiger partial charge >= 0.3 is 35.5 Å². The summed E-state index contributed by atoms with van der Waals surface area (Å²) in [4.78, 5) is 19.1. The Bertz CT molecular complexity index is 129. The summed E-state index contributed by atoms with van der Waals surface area (Å²) in [5, 5.41) is 0. The van der Waals surface area contributed by atoms with Crippen molar-refractivity contribution in [3.05, 3.63) is 0 Å². The van der Waals surface area contributed by atoms with Crippen LogP contribution in [0.15, 0.2) is 0 Å². The van der Waals surface area contributed by atoms with Crippen LogP contribution in [0.5, 0.6) is 0 Å². The zero-order chi connectivity index (χ0) is 9.40. The Morgan fingerprint density at radius 3 is 2.54 bits per heavy atom. The van der Waals surface area contributed by atoms with Gasteiger partial charge in [-0.3, -0.25) is 4.89 Å². The van der Waals surface area contributed by atoms with Gasteiger partial charge in [0.1, 0.15) is 0 Å². The zero-order valence-electron chi connectivity index (χ0n) is 8.83. The topological polar surface area (TPSA) is 44.8 Å². The van der Waals surface area contributed by atoms with Gasteiger partial charge in [0.2, 0.25) is 0 Å². The molecule has 0 spiro atoms. The van der Waals surface area contributed by atoms with Crippen LogP contribution in [0.1, 0.15) is 33.6 Å². The summed E-state index contributed by atoms with van der Waals surface area (Å²) in [5.74, 6) is -0.471. The second kappa shape index (κ2) is 10.5. The van der Waals surface area contributed by atoms with Crippen LogP contribution < -0.4 is 29.6 Å². The third kappa shape index (κ3) is 12.4. The van der Waals surface area contributed by atoms with E-state index in [0.29, 0.717) is 6.61 Å². The minimum atomic E-state index is -0.486. The van der Waals surface area contributed by atoms with Crippen LogP contribution in [0.3, 0.4) is 0 Å². The van der Waals surface area contributed by atoms with E-state index in [-0.39, 0.29) is 29.6 Å². The molecule has 0 saturated heterocycles. The van der Waals surface area contributed by atoms with Crippen molar-refractivity contribution in [1.29, 1.82) is 0 Å². The predicted octanol–water partition coefficient (Wildman–Crippen LogP) is -1.35. The largest absolute Gasteiger partial charge is 1.00 e. The van der Waals surface area contributed by atoms with E-state index in [9.17, 15) is 4.79 Å². The first-order valence-electron chi connectivity index (χ1n) is 4.12. The first-order valence-corrected chi connectivity index (χ1v) is 4.12. The molecular weight excluding hydrogens is 183 g/mol. The molecule has 5 heteroatoms. The molecule has 4 nitrogen and oxygen atoms in total. The molecule has 0 fully saturated rings. The summed E-state index contributed by atoms with van der Waals surface area (Å²) < 4.78 is 5.13. The third-order valence-corrected chi connectivity index (χ3v) is 1.15. The second-order valence-corrected chi connectivity index (χ2v) is 2.46. The molecule has 72 valence electrons. The molecule has 0 rings (SSSR count). The Morgan fingerprint density at radius 1 is 1.46 bits per heavy atom.